The predicted molar refractivity (Wildman–Crippen MR) is 63.8 cm³/mol. The van der Waals surface area contributed by atoms with Crippen molar-refractivity contribution in [1.29, 1.82) is 0 Å². The van der Waals surface area contributed by atoms with Gasteiger partial charge in [-0.25, -0.2) is 0 Å². The van der Waals surface area contributed by atoms with E-state index in [1.807, 2.05) is 0 Å². The summed E-state index contributed by atoms with van der Waals surface area (Å²) in [5.74, 6) is -0.978. The van der Waals surface area contributed by atoms with Gasteiger partial charge in [0.15, 0.2) is 12.1 Å². The third kappa shape index (κ3) is 4.39. The molecule has 7 atom stereocenters. The summed E-state index contributed by atoms with van der Waals surface area (Å²) in [5, 5.41) is 64.6. The Balaban J connectivity index is 2.56. The fourth-order valence-corrected chi connectivity index (χ4v) is 1.77. The molecule has 124 valence electrons. The van der Waals surface area contributed by atoms with E-state index in [2.05, 4.69) is 0 Å². The number of ketones is 1. The first kappa shape index (κ1) is 18.4. The lowest BCUT2D eigenvalue weighted by Gasteiger charge is -2.39. The van der Waals surface area contributed by atoms with E-state index in [0.717, 1.165) is 0 Å². The maximum Gasteiger partial charge on any atom is 0.189 e. The minimum Gasteiger partial charge on any atom is -0.394 e. The van der Waals surface area contributed by atoms with Gasteiger partial charge in [0.05, 0.1) is 13.2 Å². The van der Waals surface area contributed by atoms with E-state index in [0.29, 0.717) is 0 Å². The Morgan fingerprint density at radius 1 is 1.10 bits per heavy atom. The quantitative estimate of drug-likeness (QED) is 0.241. The summed E-state index contributed by atoms with van der Waals surface area (Å²) in [4.78, 5) is 11.4. The molecule has 1 aliphatic heterocycles. The molecule has 0 aromatic heterocycles. The number of hydrogen-bond acceptors (Lipinski definition) is 10. The number of aliphatic hydroxyl groups is 7. The van der Waals surface area contributed by atoms with Gasteiger partial charge in [-0.2, -0.15) is 0 Å². The molecule has 7 N–H and O–H groups in total. The van der Waals surface area contributed by atoms with E-state index in [-0.39, 0.29) is 0 Å². The molecule has 21 heavy (non-hydrogen) atoms. The minimum atomic E-state index is -1.88. The second kappa shape index (κ2) is 8.08. The summed E-state index contributed by atoms with van der Waals surface area (Å²) in [6.07, 6.45) is -11.1. The largest absolute Gasteiger partial charge is 0.394 e. The molecule has 1 heterocycles. The average Bonchev–Trinajstić information content (AvgIpc) is 2.50. The predicted octanol–water partition coefficient (Wildman–Crippen LogP) is -4.91. The van der Waals surface area contributed by atoms with Crippen LogP contribution in [0.15, 0.2) is 0 Å². The minimum absolute atomic E-state index is 0.648. The van der Waals surface area contributed by atoms with Crippen molar-refractivity contribution in [2.45, 2.75) is 42.9 Å². The summed E-state index contributed by atoms with van der Waals surface area (Å²) >= 11 is 0. The van der Waals surface area contributed by atoms with Crippen LogP contribution in [0.2, 0.25) is 0 Å². The van der Waals surface area contributed by atoms with Crippen molar-refractivity contribution in [2.24, 2.45) is 0 Å². The van der Waals surface area contributed by atoms with Gasteiger partial charge in [0.2, 0.25) is 0 Å². The summed E-state index contributed by atoms with van der Waals surface area (Å²) in [6.45, 7) is -2.25. The Hall–Kier alpha value is -0.690. The molecular weight excluding hydrogens is 292 g/mol. The normalized spacial score (nSPS) is 36.2. The smallest absolute Gasteiger partial charge is 0.189 e. The highest BCUT2D eigenvalue weighted by Gasteiger charge is 2.44. The second-order valence-electron chi connectivity index (χ2n) is 4.67. The Morgan fingerprint density at radius 2 is 1.71 bits per heavy atom. The van der Waals surface area contributed by atoms with Crippen LogP contribution in [0.25, 0.3) is 0 Å². The highest BCUT2D eigenvalue weighted by Crippen LogP contribution is 2.21. The van der Waals surface area contributed by atoms with Crippen molar-refractivity contribution < 1.29 is 50.0 Å². The van der Waals surface area contributed by atoms with E-state index in [4.69, 9.17) is 24.8 Å². The Morgan fingerprint density at radius 3 is 2.24 bits per heavy atom. The Kier molecular flexibility index (Phi) is 7.06. The van der Waals surface area contributed by atoms with Crippen molar-refractivity contribution in [3.63, 3.8) is 0 Å². The molecule has 1 rings (SSSR count). The second-order valence-corrected chi connectivity index (χ2v) is 4.67. The molecule has 0 radical (unpaired) electrons. The fourth-order valence-electron chi connectivity index (χ4n) is 1.77. The van der Waals surface area contributed by atoms with Gasteiger partial charge < -0.3 is 45.2 Å². The molecule has 0 aromatic rings. The molecule has 0 aromatic carbocycles. The van der Waals surface area contributed by atoms with Crippen LogP contribution in [0, 0.1) is 0 Å². The van der Waals surface area contributed by atoms with Crippen molar-refractivity contribution >= 4 is 5.78 Å². The first-order chi connectivity index (χ1) is 9.83. The van der Waals surface area contributed by atoms with Gasteiger partial charge in [-0.05, 0) is 0 Å². The molecule has 10 heteroatoms. The van der Waals surface area contributed by atoms with Gasteiger partial charge in [0.25, 0.3) is 0 Å². The maximum atomic E-state index is 11.4. The molecule has 0 saturated carbocycles. The van der Waals surface area contributed by atoms with Gasteiger partial charge in [-0.15, -0.1) is 0 Å². The summed E-state index contributed by atoms with van der Waals surface area (Å²) in [7, 11) is 0. The van der Waals surface area contributed by atoms with Crippen molar-refractivity contribution in [1.82, 2.24) is 0 Å². The van der Waals surface area contributed by atoms with Gasteiger partial charge in [-0.3, -0.25) is 4.79 Å². The van der Waals surface area contributed by atoms with Crippen LogP contribution < -0.4 is 0 Å². The van der Waals surface area contributed by atoms with E-state index in [1.54, 1.807) is 0 Å². The van der Waals surface area contributed by atoms with Gasteiger partial charge in [0, 0.05) is 0 Å². The van der Waals surface area contributed by atoms with E-state index in [1.165, 1.54) is 0 Å². The number of hydrogen-bond donors (Lipinski definition) is 7. The topological polar surface area (TPSA) is 177 Å². The molecule has 10 nitrogen and oxygen atoms in total. The van der Waals surface area contributed by atoms with Gasteiger partial charge in [-0.1, -0.05) is 0 Å². The number of carbonyl (C=O) groups excluding carboxylic acids is 1. The monoisotopic (exact) mass is 312 g/mol. The van der Waals surface area contributed by atoms with Crippen LogP contribution in [0.3, 0.4) is 0 Å². The molecule has 0 spiro atoms. The van der Waals surface area contributed by atoms with Gasteiger partial charge >= 0.3 is 0 Å². The molecule has 1 saturated heterocycles. The average molecular weight is 312 g/mol. The molecular formula is C11H20O10. The Bertz CT molecular complexity index is 335. The van der Waals surface area contributed by atoms with E-state index < -0.39 is 68.5 Å². The molecule has 0 bridgehead atoms. The van der Waals surface area contributed by atoms with Crippen LogP contribution in [0.1, 0.15) is 0 Å². The standard InChI is InChI=1S/C11H20O10/c12-1-4(14)7(16)5(15)3-20-11-10(19)9(18)8(17)6(2-13)21-11/h4,6-14,16-19H,1-3H2/t4-,6-,7+,8-,9+,10-,11?/m1/s1. The van der Waals surface area contributed by atoms with E-state index >= 15 is 0 Å². The number of rotatable bonds is 7. The lowest BCUT2D eigenvalue weighted by Crippen LogP contribution is -2.59. The van der Waals surface area contributed by atoms with Crippen molar-refractivity contribution in [2.75, 3.05) is 19.8 Å². The molecule has 0 amide bonds. The summed E-state index contributed by atoms with van der Waals surface area (Å²) < 4.78 is 9.84. The highest BCUT2D eigenvalue weighted by molar-refractivity contribution is 5.84. The molecule has 1 unspecified atom stereocenters. The van der Waals surface area contributed by atoms with Crippen molar-refractivity contribution in [3.8, 4) is 0 Å². The maximum absolute atomic E-state index is 11.4. The first-order valence-electron chi connectivity index (χ1n) is 6.25. The number of Topliss-reactive ketones (excluding diaryl/α,β-unsaturated/α-hetero) is 1. The zero-order valence-electron chi connectivity index (χ0n) is 11.0. The van der Waals surface area contributed by atoms with Crippen LogP contribution in [0.5, 0.6) is 0 Å². The van der Waals surface area contributed by atoms with Crippen molar-refractivity contribution in [3.05, 3.63) is 0 Å². The van der Waals surface area contributed by atoms with Gasteiger partial charge in [0.1, 0.15) is 43.2 Å². The SMILES string of the molecule is O=C(COC1O[C@H](CO)[C@@H](O)[C@H](O)[C@H]1O)[C@@H](O)[C@H](O)CO. The van der Waals surface area contributed by atoms with Crippen LogP contribution >= 0.6 is 0 Å². The number of aliphatic hydroxyl groups excluding tert-OH is 7. The zero-order valence-corrected chi connectivity index (χ0v) is 11.0. The molecule has 1 aliphatic rings. The van der Waals surface area contributed by atoms with E-state index in [9.17, 15) is 25.2 Å². The lowest BCUT2D eigenvalue weighted by molar-refractivity contribution is -0.299. The number of carbonyl (C=O) groups is 1. The van der Waals surface area contributed by atoms with Crippen LogP contribution in [-0.4, -0.2) is 104 Å². The fraction of sp³-hybridized carbons (Fsp3) is 0.909. The third-order valence-electron chi connectivity index (χ3n) is 3.12. The van der Waals surface area contributed by atoms with Crippen LogP contribution in [0.4, 0.5) is 0 Å². The summed E-state index contributed by atoms with van der Waals surface area (Å²) in [5.41, 5.74) is 0. The first-order valence-corrected chi connectivity index (χ1v) is 6.25. The summed E-state index contributed by atoms with van der Waals surface area (Å²) in [6, 6.07) is 0. The van der Waals surface area contributed by atoms with Crippen LogP contribution in [-0.2, 0) is 14.3 Å². The molecule has 0 aliphatic carbocycles. The highest BCUT2D eigenvalue weighted by atomic mass is 16.7. The zero-order chi connectivity index (χ0) is 16.2. The third-order valence-corrected chi connectivity index (χ3v) is 3.12. The molecule has 1 fully saturated rings. The Labute approximate surface area is 119 Å². The lowest BCUT2D eigenvalue weighted by atomic mass is 9.99. The number of ether oxygens (including phenoxy) is 2.